The van der Waals surface area contributed by atoms with E-state index in [-0.39, 0.29) is 20.1 Å². The standard InChI is InChI=1S/C13H8N5.Ir/c1-8-16-13-10-5-3-2-4-9(10)11-6-14-7-15-12(11)18(13)17-8;/h2-4,6-7H,1H3;/q-1;. The van der Waals surface area contributed by atoms with Gasteiger partial charge in [-0.25, -0.2) is 14.5 Å². The zero-order valence-electron chi connectivity index (χ0n) is 9.96. The fourth-order valence-corrected chi connectivity index (χ4v) is 2.25. The van der Waals surface area contributed by atoms with Gasteiger partial charge in [0.2, 0.25) is 0 Å². The van der Waals surface area contributed by atoms with Gasteiger partial charge in [0.25, 0.3) is 0 Å². The molecule has 0 N–H and O–H groups in total. The average Bonchev–Trinajstić information content (AvgIpc) is 2.81. The maximum Gasteiger partial charge on any atom is 0.148 e. The fraction of sp³-hybridized carbons (Fsp3) is 0.0769. The topological polar surface area (TPSA) is 56.0 Å². The smallest absolute Gasteiger partial charge is 0.148 e. The number of aromatic nitrogens is 5. The molecule has 4 rings (SSSR count). The first-order chi connectivity index (χ1) is 8.84. The van der Waals surface area contributed by atoms with Crippen molar-refractivity contribution in [1.29, 1.82) is 0 Å². The van der Waals surface area contributed by atoms with E-state index < -0.39 is 0 Å². The van der Waals surface area contributed by atoms with Gasteiger partial charge in [-0.05, 0) is 6.92 Å². The molecule has 4 aromatic rings. The third kappa shape index (κ3) is 1.64. The Kier molecular flexibility index (Phi) is 2.77. The SMILES string of the molecule is Cc1nc2c3[c-]cccc3c3cncnc3n2n1.[Ir]. The number of rotatable bonds is 0. The Bertz CT molecular complexity index is 827. The van der Waals surface area contributed by atoms with Crippen molar-refractivity contribution in [2.45, 2.75) is 6.92 Å². The summed E-state index contributed by atoms with van der Waals surface area (Å²) >= 11 is 0. The number of nitrogens with zero attached hydrogens (tertiary/aromatic N) is 5. The summed E-state index contributed by atoms with van der Waals surface area (Å²) in [6.07, 6.45) is 3.33. The summed E-state index contributed by atoms with van der Waals surface area (Å²) in [5.74, 6) is 0.722. The van der Waals surface area contributed by atoms with Gasteiger partial charge in [0.15, 0.2) is 0 Å². The molecule has 1 radical (unpaired) electrons. The molecular formula is C13H8IrN5-. The Morgan fingerprint density at radius 3 is 3.00 bits per heavy atom. The second kappa shape index (κ2) is 4.33. The summed E-state index contributed by atoms with van der Waals surface area (Å²) in [6.45, 7) is 1.87. The van der Waals surface area contributed by atoms with Crippen LogP contribution in [0.5, 0.6) is 0 Å². The van der Waals surface area contributed by atoms with Crippen molar-refractivity contribution in [3.05, 3.63) is 42.6 Å². The zero-order valence-corrected chi connectivity index (χ0v) is 12.4. The van der Waals surface area contributed by atoms with E-state index >= 15 is 0 Å². The molecule has 1 aromatic carbocycles. The molecule has 6 heteroatoms. The molecule has 0 amide bonds. The van der Waals surface area contributed by atoms with Crippen molar-refractivity contribution in [2.24, 2.45) is 0 Å². The summed E-state index contributed by atoms with van der Waals surface area (Å²) in [5, 5.41) is 7.34. The average molecular weight is 426 g/mol. The maximum absolute atomic E-state index is 4.45. The van der Waals surface area contributed by atoms with Gasteiger partial charge in [-0.1, -0.05) is 10.8 Å². The van der Waals surface area contributed by atoms with Crippen LogP contribution in [0.4, 0.5) is 0 Å². The van der Waals surface area contributed by atoms with Gasteiger partial charge in [-0.3, -0.25) is 4.98 Å². The van der Waals surface area contributed by atoms with Crippen LogP contribution in [0.25, 0.3) is 27.5 Å². The van der Waals surface area contributed by atoms with E-state index in [1.54, 1.807) is 10.7 Å². The molecule has 0 bridgehead atoms. The van der Waals surface area contributed by atoms with Crippen molar-refractivity contribution >= 4 is 27.5 Å². The number of hydrogen-bond acceptors (Lipinski definition) is 4. The summed E-state index contributed by atoms with van der Waals surface area (Å²) < 4.78 is 1.76. The Labute approximate surface area is 122 Å². The number of fused-ring (bicyclic) bond motifs is 6. The van der Waals surface area contributed by atoms with E-state index in [4.69, 9.17) is 0 Å². The van der Waals surface area contributed by atoms with Crippen LogP contribution in [-0.2, 0) is 20.1 Å². The van der Waals surface area contributed by atoms with Crippen LogP contribution < -0.4 is 0 Å². The van der Waals surface area contributed by atoms with Gasteiger partial charge in [0.05, 0.1) is 5.65 Å². The van der Waals surface area contributed by atoms with E-state index in [0.717, 1.165) is 33.3 Å². The van der Waals surface area contributed by atoms with Crippen molar-refractivity contribution in [2.75, 3.05) is 0 Å². The molecule has 0 saturated heterocycles. The van der Waals surface area contributed by atoms with Crippen LogP contribution in [0, 0.1) is 13.0 Å². The molecule has 0 aliphatic rings. The minimum Gasteiger partial charge on any atom is -0.262 e. The molecular weight excluding hydrogens is 418 g/mol. The Morgan fingerprint density at radius 2 is 2.11 bits per heavy atom. The first kappa shape index (κ1) is 12.1. The Hall–Kier alpha value is -1.91. The summed E-state index contributed by atoms with van der Waals surface area (Å²) in [5.41, 5.74) is 1.56. The van der Waals surface area contributed by atoms with Gasteiger partial charge < -0.3 is 0 Å². The van der Waals surface area contributed by atoms with Crippen molar-refractivity contribution < 1.29 is 20.1 Å². The van der Waals surface area contributed by atoms with E-state index in [2.05, 4.69) is 26.1 Å². The number of aryl methyl sites for hydroxylation is 1. The van der Waals surface area contributed by atoms with E-state index in [0.29, 0.717) is 0 Å². The van der Waals surface area contributed by atoms with Gasteiger partial charge >= 0.3 is 0 Å². The Balaban J connectivity index is 0.00000110. The molecule has 0 fully saturated rings. The van der Waals surface area contributed by atoms with Gasteiger partial charge in [0, 0.05) is 31.7 Å². The van der Waals surface area contributed by atoms with Crippen LogP contribution in [0.3, 0.4) is 0 Å². The van der Waals surface area contributed by atoms with E-state index in [1.165, 1.54) is 6.33 Å². The van der Waals surface area contributed by atoms with Gasteiger partial charge in [-0.15, -0.1) is 24.3 Å². The first-order valence-corrected chi connectivity index (χ1v) is 5.60. The van der Waals surface area contributed by atoms with Gasteiger partial charge in [-0.2, -0.15) is 5.10 Å². The second-order valence-corrected chi connectivity index (χ2v) is 4.11. The molecule has 0 aliphatic carbocycles. The number of benzene rings is 1. The molecule has 0 spiro atoms. The third-order valence-corrected chi connectivity index (χ3v) is 2.97. The molecule has 19 heavy (non-hydrogen) atoms. The zero-order chi connectivity index (χ0) is 12.1. The van der Waals surface area contributed by atoms with Crippen molar-refractivity contribution in [3.63, 3.8) is 0 Å². The van der Waals surface area contributed by atoms with Crippen molar-refractivity contribution in [1.82, 2.24) is 24.6 Å². The molecule has 3 aromatic heterocycles. The molecule has 5 nitrogen and oxygen atoms in total. The minimum atomic E-state index is 0. The normalized spacial score (nSPS) is 11.0. The predicted octanol–water partition coefficient (Wildman–Crippen LogP) is 1.93. The molecule has 0 aliphatic heterocycles. The van der Waals surface area contributed by atoms with Crippen LogP contribution in [0.2, 0.25) is 0 Å². The predicted molar refractivity (Wildman–Crippen MR) is 67.2 cm³/mol. The largest absolute Gasteiger partial charge is 0.262 e. The summed E-state index contributed by atoms with van der Waals surface area (Å²) in [7, 11) is 0. The quantitative estimate of drug-likeness (QED) is 0.319. The van der Waals surface area contributed by atoms with Gasteiger partial charge in [0.1, 0.15) is 17.8 Å². The first-order valence-electron chi connectivity index (χ1n) is 5.60. The maximum atomic E-state index is 4.45. The summed E-state index contributed by atoms with van der Waals surface area (Å²) in [4.78, 5) is 12.8. The molecule has 95 valence electrons. The molecule has 0 atom stereocenters. The second-order valence-electron chi connectivity index (χ2n) is 4.11. The van der Waals surface area contributed by atoms with Crippen LogP contribution in [-0.4, -0.2) is 24.6 Å². The fourth-order valence-electron chi connectivity index (χ4n) is 2.25. The van der Waals surface area contributed by atoms with E-state index in [9.17, 15) is 0 Å². The molecule has 0 saturated carbocycles. The van der Waals surface area contributed by atoms with Crippen molar-refractivity contribution in [3.8, 4) is 0 Å². The Morgan fingerprint density at radius 1 is 1.21 bits per heavy atom. The molecule has 3 heterocycles. The number of hydrogen-bond donors (Lipinski definition) is 0. The van der Waals surface area contributed by atoms with Crippen LogP contribution in [0.15, 0.2) is 30.7 Å². The minimum absolute atomic E-state index is 0. The number of pyridine rings is 1. The summed E-state index contributed by atoms with van der Waals surface area (Å²) in [6, 6.07) is 9.08. The monoisotopic (exact) mass is 427 g/mol. The molecule has 0 unspecified atom stereocenters. The third-order valence-electron chi connectivity index (χ3n) is 2.97. The van der Waals surface area contributed by atoms with Crippen LogP contribution >= 0.6 is 0 Å². The van der Waals surface area contributed by atoms with E-state index in [1.807, 2.05) is 25.1 Å². The van der Waals surface area contributed by atoms with Crippen LogP contribution in [0.1, 0.15) is 5.82 Å².